The Labute approximate surface area is 267 Å². The SMILES string of the molecule is C[C@H]1CO[C@H]([C@@H](O)[C@@](C)(O)[C@H]2CC[C@@]3(O)C4=CC(=O)[C@@H]5C[C@]6(C=C[C@H](c7ccccc7)CO6)CC[C@]5(C)[C@H]4CC[C@]23C)[C@@H]1CO. The van der Waals surface area contributed by atoms with Gasteiger partial charge < -0.3 is 29.9 Å². The maximum absolute atomic E-state index is 14.1. The molecule has 4 aliphatic carbocycles. The maximum Gasteiger partial charge on any atom is 0.159 e. The second-order valence-corrected chi connectivity index (χ2v) is 16.3. The van der Waals surface area contributed by atoms with Crippen molar-refractivity contribution in [2.75, 3.05) is 19.8 Å². The van der Waals surface area contributed by atoms with E-state index in [0.717, 1.165) is 24.8 Å². The third-order valence-electron chi connectivity index (χ3n) is 14.1. The summed E-state index contributed by atoms with van der Waals surface area (Å²) in [5, 5.41) is 46.3. The van der Waals surface area contributed by atoms with Crippen LogP contribution in [0.1, 0.15) is 84.1 Å². The summed E-state index contributed by atoms with van der Waals surface area (Å²) < 4.78 is 12.5. The second kappa shape index (κ2) is 10.8. The van der Waals surface area contributed by atoms with Crippen molar-refractivity contribution in [1.29, 1.82) is 0 Å². The summed E-state index contributed by atoms with van der Waals surface area (Å²) in [7, 11) is 0. The fraction of sp³-hybridized carbons (Fsp3) is 0.711. The van der Waals surface area contributed by atoms with Gasteiger partial charge in [0.2, 0.25) is 0 Å². The van der Waals surface area contributed by atoms with E-state index >= 15 is 0 Å². The molecule has 45 heavy (non-hydrogen) atoms. The highest BCUT2D eigenvalue weighted by Crippen LogP contribution is 2.69. The lowest BCUT2D eigenvalue weighted by molar-refractivity contribution is -0.195. The van der Waals surface area contributed by atoms with E-state index in [9.17, 15) is 25.2 Å². The minimum absolute atomic E-state index is 0.0756. The minimum Gasteiger partial charge on any atom is -0.396 e. The Hall–Kier alpha value is -1.87. The number of hydrogen-bond donors (Lipinski definition) is 4. The molecule has 6 aliphatic rings. The molecule has 0 amide bonds. The summed E-state index contributed by atoms with van der Waals surface area (Å²) >= 11 is 0. The number of hydrogen-bond acceptors (Lipinski definition) is 7. The number of carbonyl (C=O) groups is 1. The number of allylic oxidation sites excluding steroid dienone is 1. The quantitative estimate of drug-likeness (QED) is 0.352. The molecule has 13 atom stereocenters. The van der Waals surface area contributed by atoms with Gasteiger partial charge in [0.25, 0.3) is 0 Å². The average molecular weight is 621 g/mol. The molecule has 1 spiro atoms. The Balaban J connectivity index is 1.14. The van der Waals surface area contributed by atoms with Gasteiger partial charge in [-0.25, -0.2) is 0 Å². The van der Waals surface area contributed by atoms with Gasteiger partial charge in [-0.3, -0.25) is 4.79 Å². The van der Waals surface area contributed by atoms with Crippen LogP contribution in [0.2, 0.25) is 0 Å². The molecule has 4 fully saturated rings. The van der Waals surface area contributed by atoms with Gasteiger partial charge in [-0.15, -0.1) is 0 Å². The van der Waals surface area contributed by atoms with Gasteiger partial charge >= 0.3 is 0 Å². The van der Waals surface area contributed by atoms with E-state index < -0.39 is 40.3 Å². The number of rotatable bonds is 5. The van der Waals surface area contributed by atoms with E-state index in [1.165, 1.54) is 5.56 Å². The smallest absolute Gasteiger partial charge is 0.159 e. The standard InChI is InChI=1S/C38H52O7/c1-23-21-44-32(26(23)20-39)33(41)36(4,42)31-12-15-38(43)28-18-30(40)29-19-37(14-10-25(22-45-37)24-8-6-5-7-9-24)17-16-34(29,2)27(28)11-13-35(31,38)3/h5-10,14,18,23,25-27,29,31-33,39,41-43H,11-13,15-17,19-22H2,1-4H3/t23-,25-,26+,27-,29-,31-,32-,33+,34+,35+,36-,37-,38+/m0/s1. The largest absolute Gasteiger partial charge is 0.396 e. The van der Waals surface area contributed by atoms with Crippen LogP contribution in [0.3, 0.4) is 0 Å². The molecule has 1 saturated heterocycles. The Bertz CT molecular complexity index is 1370. The van der Waals surface area contributed by atoms with Crippen LogP contribution in [0.25, 0.3) is 0 Å². The van der Waals surface area contributed by atoms with Crippen LogP contribution in [-0.2, 0) is 14.3 Å². The van der Waals surface area contributed by atoms with Gasteiger partial charge in [-0.1, -0.05) is 63.3 Å². The first-order valence-corrected chi connectivity index (χ1v) is 17.3. The van der Waals surface area contributed by atoms with E-state index in [1.807, 2.05) is 19.9 Å². The summed E-state index contributed by atoms with van der Waals surface area (Å²) in [5.74, 6) is -0.382. The van der Waals surface area contributed by atoms with Gasteiger partial charge in [-0.2, -0.15) is 0 Å². The van der Waals surface area contributed by atoms with E-state index in [4.69, 9.17) is 9.47 Å². The molecular formula is C38H52O7. The highest BCUT2D eigenvalue weighted by atomic mass is 16.5. The monoisotopic (exact) mass is 620 g/mol. The molecule has 1 aromatic carbocycles. The Morgan fingerprint density at radius 2 is 1.80 bits per heavy atom. The second-order valence-electron chi connectivity index (χ2n) is 16.3. The summed E-state index contributed by atoms with van der Waals surface area (Å²) in [6.45, 7) is 8.89. The lowest BCUT2D eigenvalue weighted by atomic mass is 9.45. The molecular weight excluding hydrogens is 568 g/mol. The molecule has 0 bridgehead atoms. The third-order valence-corrected chi connectivity index (χ3v) is 14.1. The predicted molar refractivity (Wildman–Crippen MR) is 170 cm³/mol. The maximum atomic E-state index is 14.1. The van der Waals surface area contributed by atoms with Crippen LogP contribution in [0.5, 0.6) is 0 Å². The highest BCUT2D eigenvalue weighted by molar-refractivity contribution is 5.95. The van der Waals surface area contributed by atoms with Crippen molar-refractivity contribution >= 4 is 5.78 Å². The molecule has 0 radical (unpaired) electrons. The van der Waals surface area contributed by atoms with Gasteiger partial charge in [0.05, 0.1) is 36.1 Å². The topological polar surface area (TPSA) is 116 Å². The van der Waals surface area contributed by atoms with E-state index in [2.05, 4.69) is 43.3 Å². The molecule has 7 heteroatoms. The van der Waals surface area contributed by atoms with Crippen molar-refractivity contribution in [2.45, 2.75) is 108 Å². The van der Waals surface area contributed by atoms with Gasteiger partial charge in [0, 0.05) is 29.8 Å². The highest BCUT2D eigenvalue weighted by Gasteiger charge is 2.70. The molecule has 7 nitrogen and oxygen atoms in total. The number of aliphatic hydroxyl groups is 4. The number of ketones is 1. The Morgan fingerprint density at radius 1 is 1.04 bits per heavy atom. The zero-order chi connectivity index (χ0) is 32.0. The minimum atomic E-state index is -1.54. The van der Waals surface area contributed by atoms with Crippen molar-refractivity contribution in [3.8, 4) is 0 Å². The molecule has 4 N–H and O–H groups in total. The van der Waals surface area contributed by atoms with Crippen molar-refractivity contribution < 1.29 is 34.7 Å². The molecule has 2 aliphatic heterocycles. The van der Waals surface area contributed by atoms with Gasteiger partial charge in [0.15, 0.2) is 5.78 Å². The first-order chi connectivity index (χ1) is 21.3. The predicted octanol–water partition coefficient (Wildman–Crippen LogP) is 4.72. The number of ether oxygens (including phenoxy) is 2. The molecule has 0 aromatic heterocycles. The van der Waals surface area contributed by atoms with E-state index in [1.54, 1.807) is 13.0 Å². The van der Waals surface area contributed by atoms with E-state index in [0.29, 0.717) is 38.9 Å². The van der Waals surface area contributed by atoms with Crippen LogP contribution in [-0.4, -0.2) is 75.0 Å². The number of fused-ring (bicyclic) bond motifs is 5. The number of aliphatic hydroxyl groups excluding tert-OH is 2. The van der Waals surface area contributed by atoms with E-state index in [-0.39, 0.29) is 47.4 Å². The number of carbonyl (C=O) groups excluding carboxylic acids is 1. The molecule has 7 rings (SSSR count). The molecule has 246 valence electrons. The molecule has 1 aromatic rings. The van der Waals surface area contributed by atoms with Gasteiger partial charge in [0.1, 0.15) is 6.10 Å². The van der Waals surface area contributed by atoms with Crippen molar-refractivity contribution in [3.63, 3.8) is 0 Å². The normalized spacial score (nSPS) is 47.9. The zero-order valence-electron chi connectivity index (χ0n) is 27.3. The lowest BCUT2D eigenvalue weighted by Gasteiger charge is -2.61. The first kappa shape index (κ1) is 31.7. The van der Waals surface area contributed by atoms with Crippen LogP contribution in [0, 0.1) is 40.4 Å². The number of benzene rings is 1. The lowest BCUT2D eigenvalue weighted by Crippen LogP contribution is -2.63. The van der Waals surface area contributed by atoms with Crippen LogP contribution < -0.4 is 0 Å². The fourth-order valence-electron chi connectivity index (χ4n) is 11.1. The first-order valence-electron chi connectivity index (χ1n) is 17.3. The summed E-state index contributed by atoms with van der Waals surface area (Å²) in [4.78, 5) is 14.1. The fourth-order valence-corrected chi connectivity index (χ4v) is 11.1. The summed E-state index contributed by atoms with van der Waals surface area (Å²) in [6.07, 6.45) is 9.22. The molecule has 2 heterocycles. The molecule has 0 unspecified atom stereocenters. The zero-order valence-corrected chi connectivity index (χ0v) is 27.3. The van der Waals surface area contributed by atoms with Crippen molar-refractivity contribution in [2.24, 2.45) is 40.4 Å². The summed E-state index contributed by atoms with van der Waals surface area (Å²) in [5.41, 5.74) is -2.14. The molecule has 3 saturated carbocycles. The van der Waals surface area contributed by atoms with Gasteiger partial charge in [-0.05, 0) is 92.3 Å². The van der Waals surface area contributed by atoms with Crippen molar-refractivity contribution in [1.82, 2.24) is 0 Å². The Kier molecular flexibility index (Phi) is 7.63. The third kappa shape index (κ3) is 4.55. The average Bonchev–Trinajstić information content (AvgIpc) is 3.55. The van der Waals surface area contributed by atoms with Crippen LogP contribution >= 0.6 is 0 Å². The van der Waals surface area contributed by atoms with Crippen molar-refractivity contribution in [3.05, 3.63) is 59.7 Å². The van der Waals surface area contributed by atoms with Crippen LogP contribution in [0.15, 0.2) is 54.1 Å². The summed E-state index contributed by atoms with van der Waals surface area (Å²) in [6, 6.07) is 10.4. The van der Waals surface area contributed by atoms with Crippen LogP contribution in [0.4, 0.5) is 0 Å². The Morgan fingerprint density at radius 3 is 2.49 bits per heavy atom.